The van der Waals surface area contributed by atoms with Crippen molar-refractivity contribution in [1.82, 2.24) is 5.32 Å². The summed E-state index contributed by atoms with van der Waals surface area (Å²) in [5, 5.41) is 2.82. The number of amides is 1. The van der Waals surface area contributed by atoms with E-state index in [1.54, 1.807) is 37.3 Å². The highest BCUT2D eigenvalue weighted by atomic mass is 32.2. The Morgan fingerprint density at radius 2 is 1.67 bits per heavy atom. The summed E-state index contributed by atoms with van der Waals surface area (Å²) < 4.78 is 25.4. The lowest BCUT2D eigenvalue weighted by Crippen LogP contribution is -2.47. The lowest BCUT2D eigenvalue weighted by Gasteiger charge is -2.28. The Bertz CT molecular complexity index is 804. The Kier molecular flexibility index (Phi) is 5.62. The zero-order valence-corrected chi connectivity index (χ0v) is 14.9. The normalized spacial score (nSPS) is 12.5. The van der Waals surface area contributed by atoms with Crippen LogP contribution in [-0.2, 0) is 21.4 Å². The van der Waals surface area contributed by atoms with Gasteiger partial charge in [-0.1, -0.05) is 42.5 Å². The van der Waals surface area contributed by atoms with Gasteiger partial charge in [-0.2, -0.15) is 0 Å². The molecule has 0 spiro atoms. The molecule has 0 heterocycles. The Morgan fingerprint density at radius 1 is 1.08 bits per heavy atom. The number of para-hydroxylation sites is 1. The van der Waals surface area contributed by atoms with Gasteiger partial charge in [-0.05, 0) is 37.1 Å². The Hall–Kier alpha value is -2.34. The number of anilines is 1. The highest BCUT2D eigenvalue weighted by Gasteiger charge is 2.28. The van der Waals surface area contributed by atoms with Gasteiger partial charge in [-0.25, -0.2) is 8.42 Å². The monoisotopic (exact) mass is 346 g/mol. The number of rotatable bonds is 6. The number of hydrogen-bond donors (Lipinski definition) is 1. The molecular weight excluding hydrogens is 324 g/mol. The molecule has 5 nitrogen and oxygen atoms in total. The molecule has 24 heavy (non-hydrogen) atoms. The zero-order valence-electron chi connectivity index (χ0n) is 14.1. The van der Waals surface area contributed by atoms with Gasteiger partial charge in [0, 0.05) is 6.54 Å². The van der Waals surface area contributed by atoms with E-state index in [2.05, 4.69) is 5.32 Å². The molecule has 0 aliphatic rings. The molecule has 6 heteroatoms. The van der Waals surface area contributed by atoms with Gasteiger partial charge in [-0.15, -0.1) is 0 Å². The number of sulfonamides is 1. The molecule has 1 atom stereocenters. The zero-order chi connectivity index (χ0) is 17.7. The molecule has 2 aromatic rings. The number of nitrogens with one attached hydrogen (secondary N) is 1. The van der Waals surface area contributed by atoms with Crippen molar-refractivity contribution in [3.63, 3.8) is 0 Å². The van der Waals surface area contributed by atoms with Crippen LogP contribution in [0.5, 0.6) is 0 Å². The van der Waals surface area contributed by atoms with Gasteiger partial charge < -0.3 is 5.32 Å². The van der Waals surface area contributed by atoms with Crippen molar-refractivity contribution in [2.24, 2.45) is 0 Å². The summed E-state index contributed by atoms with van der Waals surface area (Å²) in [6.07, 6.45) is 1.10. The fourth-order valence-electron chi connectivity index (χ4n) is 2.52. The number of nitrogens with zero attached hydrogens (tertiary/aromatic N) is 1. The summed E-state index contributed by atoms with van der Waals surface area (Å²) in [7, 11) is -3.58. The van der Waals surface area contributed by atoms with Crippen molar-refractivity contribution in [3.8, 4) is 0 Å². The van der Waals surface area contributed by atoms with Crippen LogP contribution in [0.2, 0.25) is 0 Å². The van der Waals surface area contributed by atoms with Crippen molar-refractivity contribution < 1.29 is 13.2 Å². The maximum absolute atomic E-state index is 12.5. The largest absolute Gasteiger partial charge is 0.350 e. The number of hydrogen-bond acceptors (Lipinski definition) is 3. The minimum Gasteiger partial charge on any atom is -0.350 e. The van der Waals surface area contributed by atoms with Crippen LogP contribution in [-0.4, -0.2) is 26.6 Å². The van der Waals surface area contributed by atoms with E-state index in [0.29, 0.717) is 12.2 Å². The van der Waals surface area contributed by atoms with Crippen LogP contribution in [0.1, 0.15) is 18.1 Å². The van der Waals surface area contributed by atoms with Crippen molar-refractivity contribution >= 4 is 21.6 Å². The fraction of sp³-hybridized carbons (Fsp3) is 0.278. The maximum Gasteiger partial charge on any atom is 0.243 e. The number of carbonyl (C=O) groups is 1. The maximum atomic E-state index is 12.5. The molecule has 0 aromatic heterocycles. The van der Waals surface area contributed by atoms with E-state index in [1.807, 2.05) is 31.2 Å². The summed E-state index contributed by atoms with van der Waals surface area (Å²) in [5.41, 5.74) is 2.55. The molecule has 2 aromatic carbocycles. The smallest absolute Gasteiger partial charge is 0.243 e. The van der Waals surface area contributed by atoms with E-state index in [0.717, 1.165) is 21.7 Å². The van der Waals surface area contributed by atoms with Crippen LogP contribution in [0.15, 0.2) is 54.6 Å². The van der Waals surface area contributed by atoms with Gasteiger partial charge in [0.15, 0.2) is 0 Å². The molecule has 1 N–H and O–H groups in total. The van der Waals surface area contributed by atoms with Gasteiger partial charge in [0.1, 0.15) is 6.04 Å². The molecule has 0 radical (unpaired) electrons. The third-order valence-electron chi connectivity index (χ3n) is 3.81. The van der Waals surface area contributed by atoms with Gasteiger partial charge >= 0.3 is 0 Å². The Morgan fingerprint density at radius 3 is 2.25 bits per heavy atom. The average molecular weight is 346 g/mol. The van der Waals surface area contributed by atoms with E-state index in [9.17, 15) is 13.2 Å². The van der Waals surface area contributed by atoms with E-state index < -0.39 is 16.1 Å². The fourth-order valence-corrected chi connectivity index (χ4v) is 3.70. The lowest BCUT2D eigenvalue weighted by atomic mass is 10.1. The number of aryl methyl sites for hydroxylation is 1. The third-order valence-corrected chi connectivity index (χ3v) is 5.06. The minimum atomic E-state index is -3.58. The second-order valence-corrected chi connectivity index (χ2v) is 7.57. The first-order valence-electron chi connectivity index (χ1n) is 7.67. The predicted octanol–water partition coefficient (Wildman–Crippen LogP) is 2.47. The molecule has 0 bridgehead atoms. The third kappa shape index (κ3) is 4.35. The van der Waals surface area contributed by atoms with Crippen LogP contribution in [0.25, 0.3) is 0 Å². The van der Waals surface area contributed by atoms with Crippen LogP contribution in [0.4, 0.5) is 5.69 Å². The highest BCUT2D eigenvalue weighted by Crippen LogP contribution is 2.20. The summed E-state index contributed by atoms with van der Waals surface area (Å²) >= 11 is 0. The molecule has 0 saturated heterocycles. The van der Waals surface area contributed by atoms with Crippen molar-refractivity contribution in [2.75, 3.05) is 10.6 Å². The Balaban J connectivity index is 2.16. The van der Waals surface area contributed by atoms with E-state index in [-0.39, 0.29) is 5.91 Å². The first-order valence-corrected chi connectivity index (χ1v) is 9.52. The summed E-state index contributed by atoms with van der Waals surface area (Å²) in [6, 6.07) is 15.5. The van der Waals surface area contributed by atoms with Crippen molar-refractivity contribution in [2.45, 2.75) is 26.4 Å². The van der Waals surface area contributed by atoms with Gasteiger partial charge in [0.2, 0.25) is 15.9 Å². The molecule has 0 saturated carbocycles. The van der Waals surface area contributed by atoms with E-state index in [1.165, 1.54) is 0 Å². The minimum absolute atomic E-state index is 0.340. The van der Waals surface area contributed by atoms with Gasteiger partial charge in [-0.3, -0.25) is 9.10 Å². The van der Waals surface area contributed by atoms with Crippen LogP contribution in [0.3, 0.4) is 0 Å². The summed E-state index contributed by atoms with van der Waals surface area (Å²) in [5.74, 6) is -0.340. The average Bonchev–Trinajstić information content (AvgIpc) is 2.53. The first-order chi connectivity index (χ1) is 11.3. The first kappa shape index (κ1) is 18.0. The topological polar surface area (TPSA) is 66.5 Å². The second kappa shape index (κ2) is 7.49. The summed E-state index contributed by atoms with van der Waals surface area (Å²) in [6.45, 7) is 3.92. The molecule has 2 rings (SSSR count). The van der Waals surface area contributed by atoms with E-state index >= 15 is 0 Å². The molecule has 0 fully saturated rings. The van der Waals surface area contributed by atoms with Gasteiger partial charge in [0.05, 0.1) is 11.9 Å². The van der Waals surface area contributed by atoms with Gasteiger partial charge in [0.25, 0.3) is 0 Å². The SMILES string of the molecule is Cc1ccccc1CNC(=O)[C@@H](C)N(c1ccccc1)S(C)(=O)=O. The molecule has 0 aliphatic heterocycles. The van der Waals surface area contributed by atoms with E-state index in [4.69, 9.17) is 0 Å². The van der Waals surface area contributed by atoms with Crippen LogP contribution >= 0.6 is 0 Å². The van der Waals surface area contributed by atoms with Crippen LogP contribution < -0.4 is 9.62 Å². The highest BCUT2D eigenvalue weighted by molar-refractivity contribution is 7.92. The number of carbonyl (C=O) groups excluding carboxylic acids is 1. The molecule has 1 amide bonds. The standard InChI is InChI=1S/C18H22N2O3S/c1-14-9-7-8-10-16(14)13-19-18(21)15(2)20(24(3,22)23)17-11-5-4-6-12-17/h4-12,15H,13H2,1-3H3,(H,19,21)/t15-/m1/s1. The summed E-state index contributed by atoms with van der Waals surface area (Å²) in [4.78, 5) is 12.5. The molecule has 128 valence electrons. The lowest BCUT2D eigenvalue weighted by molar-refractivity contribution is -0.122. The molecule has 0 aliphatic carbocycles. The quantitative estimate of drug-likeness (QED) is 0.874. The molecular formula is C18H22N2O3S. The van der Waals surface area contributed by atoms with Crippen molar-refractivity contribution in [3.05, 3.63) is 65.7 Å². The van der Waals surface area contributed by atoms with Crippen LogP contribution in [0, 0.1) is 6.92 Å². The number of benzene rings is 2. The predicted molar refractivity (Wildman–Crippen MR) is 96.3 cm³/mol. The van der Waals surface area contributed by atoms with Crippen molar-refractivity contribution in [1.29, 1.82) is 0 Å². The Labute approximate surface area is 143 Å². The molecule has 0 unspecified atom stereocenters. The second-order valence-electron chi connectivity index (χ2n) is 5.71.